The highest BCUT2D eigenvalue weighted by atomic mass is 79.9. The van der Waals surface area contributed by atoms with E-state index in [9.17, 15) is 9.59 Å². The molecule has 0 radical (unpaired) electrons. The van der Waals surface area contributed by atoms with Crippen molar-refractivity contribution in [2.75, 3.05) is 17.2 Å². The Morgan fingerprint density at radius 3 is 2.46 bits per heavy atom. The molecule has 2 aromatic carbocycles. The van der Waals surface area contributed by atoms with Gasteiger partial charge >= 0.3 is 0 Å². The Kier molecular flexibility index (Phi) is 5.98. The molecule has 0 saturated carbocycles. The van der Waals surface area contributed by atoms with Crippen molar-refractivity contribution < 1.29 is 14.3 Å². The van der Waals surface area contributed by atoms with Gasteiger partial charge in [-0.2, -0.15) is 0 Å². The summed E-state index contributed by atoms with van der Waals surface area (Å²) in [6.45, 7) is 5.15. The van der Waals surface area contributed by atoms with E-state index in [0.717, 1.165) is 15.6 Å². The lowest BCUT2D eigenvalue weighted by Gasteiger charge is -2.12. The number of halogens is 1. The molecule has 0 heterocycles. The zero-order valence-electron chi connectivity index (χ0n) is 13.8. The summed E-state index contributed by atoms with van der Waals surface area (Å²) in [5.74, 6) is 0.238. The molecule has 0 unspecified atom stereocenters. The van der Waals surface area contributed by atoms with Gasteiger partial charge in [0.2, 0.25) is 5.91 Å². The number of aryl methyl sites for hydroxylation is 2. The minimum absolute atomic E-state index is 0.0914. The first-order valence-corrected chi connectivity index (χ1v) is 8.21. The SMILES string of the molecule is CC(=O)Nc1cc(NC(=O)COc2ccc(Br)cc2C)ccc1C. The van der Waals surface area contributed by atoms with Crippen molar-refractivity contribution in [2.24, 2.45) is 0 Å². The van der Waals surface area contributed by atoms with E-state index in [0.29, 0.717) is 17.1 Å². The van der Waals surface area contributed by atoms with Gasteiger partial charge in [0.05, 0.1) is 0 Å². The van der Waals surface area contributed by atoms with Crippen LogP contribution >= 0.6 is 15.9 Å². The van der Waals surface area contributed by atoms with Gasteiger partial charge in [0, 0.05) is 22.8 Å². The number of anilines is 2. The zero-order chi connectivity index (χ0) is 17.7. The maximum absolute atomic E-state index is 12.0. The second-order valence-corrected chi connectivity index (χ2v) is 6.37. The monoisotopic (exact) mass is 390 g/mol. The maximum Gasteiger partial charge on any atom is 0.262 e. The largest absolute Gasteiger partial charge is 0.483 e. The van der Waals surface area contributed by atoms with E-state index in [1.54, 1.807) is 12.1 Å². The zero-order valence-corrected chi connectivity index (χ0v) is 15.4. The van der Waals surface area contributed by atoms with Crippen LogP contribution in [0.2, 0.25) is 0 Å². The highest BCUT2D eigenvalue weighted by Gasteiger charge is 2.08. The molecule has 2 aromatic rings. The van der Waals surface area contributed by atoms with Crippen LogP contribution in [-0.4, -0.2) is 18.4 Å². The Hall–Kier alpha value is -2.34. The number of benzene rings is 2. The summed E-state index contributed by atoms with van der Waals surface area (Å²) in [5.41, 5.74) is 3.14. The molecule has 6 heteroatoms. The fourth-order valence-corrected chi connectivity index (χ4v) is 2.61. The number of amides is 2. The van der Waals surface area contributed by atoms with Gasteiger partial charge in [0.1, 0.15) is 5.75 Å². The number of nitrogens with one attached hydrogen (secondary N) is 2. The van der Waals surface area contributed by atoms with Crippen molar-refractivity contribution >= 4 is 39.1 Å². The third-order valence-corrected chi connectivity index (χ3v) is 3.82. The molecule has 0 aliphatic rings. The van der Waals surface area contributed by atoms with E-state index in [1.165, 1.54) is 6.92 Å². The van der Waals surface area contributed by atoms with Crippen LogP contribution in [0.5, 0.6) is 5.75 Å². The molecule has 0 spiro atoms. The van der Waals surface area contributed by atoms with Crippen LogP contribution in [0.3, 0.4) is 0 Å². The van der Waals surface area contributed by atoms with Gasteiger partial charge in [0.15, 0.2) is 6.61 Å². The van der Waals surface area contributed by atoms with E-state index in [4.69, 9.17) is 4.74 Å². The minimum Gasteiger partial charge on any atom is -0.483 e. The first-order chi connectivity index (χ1) is 11.3. The van der Waals surface area contributed by atoms with E-state index >= 15 is 0 Å². The lowest BCUT2D eigenvalue weighted by molar-refractivity contribution is -0.118. The van der Waals surface area contributed by atoms with Gasteiger partial charge in [-0.15, -0.1) is 0 Å². The van der Waals surface area contributed by atoms with Crippen molar-refractivity contribution in [1.29, 1.82) is 0 Å². The molecular weight excluding hydrogens is 372 g/mol. The summed E-state index contributed by atoms with van der Waals surface area (Å²) in [5, 5.41) is 5.49. The standard InChI is InChI=1S/C18H19BrN2O3/c1-11-4-6-15(9-16(11)20-13(3)22)21-18(23)10-24-17-7-5-14(19)8-12(17)2/h4-9H,10H2,1-3H3,(H,20,22)(H,21,23). The van der Waals surface area contributed by atoms with Gasteiger partial charge in [-0.25, -0.2) is 0 Å². The maximum atomic E-state index is 12.0. The van der Waals surface area contributed by atoms with Crippen LogP contribution < -0.4 is 15.4 Å². The average Bonchev–Trinajstić information content (AvgIpc) is 2.49. The topological polar surface area (TPSA) is 67.4 Å². The Bertz CT molecular complexity index is 775. The van der Waals surface area contributed by atoms with Gasteiger partial charge in [0.25, 0.3) is 5.91 Å². The molecule has 0 bridgehead atoms. The van der Waals surface area contributed by atoms with E-state index in [1.807, 2.05) is 38.1 Å². The van der Waals surface area contributed by atoms with E-state index in [-0.39, 0.29) is 18.4 Å². The predicted molar refractivity (Wildman–Crippen MR) is 98.5 cm³/mol. The summed E-state index contributed by atoms with van der Waals surface area (Å²) >= 11 is 3.39. The Morgan fingerprint density at radius 2 is 1.79 bits per heavy atom. The number of rotatable bonds is 5. The molecule has 5 nitrogen and oxygen atoms in total. The number of ether oxygens (including phenoxy) is 1. The highest BCUT2D eigenvalue weighted by Crippen LogP contribution is 2.23. The normalized spacial score (nSPS) is 10.2. The van der Waals surface area contributed by atoms with Gasteiger partial charge < -0.3 is 15.4 Å². The summed E-state index contributed by atoms with van der Waals surface area (Å²) in [6, 6.07) is 10.9. The smallest absolute Gasteiger partial charge is 0.262 e. The summed E-state index contributed by atoms with van der Waals surface area (Å²) in [4.78, 5) is 23.2. The molecular formula is C18H19BrN2O3. The first-order valence-electron chi connectivity index (χ1n) is 7.42. The molecule has 0 fully saturated rings. The van der Waals surface area contributed by atoms with E-state index < -0.39 is 0 Å². The molecule has 0 aromatic heterocycles. The van der Waals surface area contributed by atoms with Crippen molar-refractivity contribution in [3.05, 3.63) is 52.0 Å². The van der Waals surface area contributed by atoms with Gasteiger partial charge in [-0.3, -0.25) is 9.59 Å². The molecule has 2 rings (SSSR count). The number of hydrogen-bond acceptors (Lipinski definition) is 3. The molecule has 2 amide bonds. The van der Waals surface area contributed by atoms with Crippen LogP contribution in [0.25, 0.3) is 0 Å². The molecule has 0 aliphatic carbocycles. The average molecular weight is 391 g/mol. The molecule has 24 heavy (non-hydrogen) atoms. The third kappa shape index (κ3) is 5.09. The molecule has 0 saturated heterocycles. The first kappa shape index (κ1) is 18.0. The Labute approximate surface area is 149 Å². The number of carbonyl (C=O) groups is 2. The third-order valence-electron chi connectivity index (χ3n) is 3.33. The van der Waals surface area contributed by atoms with Crippen LogP contribution in [0.15, 0.2) is 40.9 Å². The van der Waals surface area contributed by atoms with Gasteiger partial charge in [-0.05, 0) is 55.3 Å². The molecule has 2 N–H and O–H groups in total. The fourth-order valence-electron chi connectivity index (χ4n) is 2.14. The lowest BCUT2D eigenvalue weighted by atomic mass is 10.1. The molecule has 126 valence electrons. The summed E-state index contributed by atoms with van der Waals surface area (Å²) in [7, 11) is 0. The van der Waals surface area contributed by atoms with Crippen LogP contribution in [0, 0.1) is 13.8 Å². The highest BCUT2D eigenvalue weighted by molar-refractivity contribution is 9.10. The van der Waals surface area contributed by atoms with Crippen LogP contribution in [-0.2, 0) is 9.59 Å². The van der Waals surface area contributed by atoms with Crippen LogP contribution in [0.1, 0.15) is 18.1 Å². The Morgan fingerprint density at radius 1 is 1.04 bits per heavy atom. The predicted octanol–water partition coefficient (Wildman–Crippen LogP) is 4.04. The van der Waals surface area contributed by atoms with E-state index in [2.05, 4.69) is 26.6 Å². The minimum atomic E-state index is -0.269. The summed E-state index contributed by atoms with van der Waals surface area (Å²) < 4.78 is 6.50. The van der Waals surface area contributed by atoms with Crippen molar-refractivity contribution in [3.8, 4) is 5.75 Å². The van der Waals surface area contributed by atoms with Gasteiger partial charge in [-0.1, -0.05) is 22.0 Å². The molecule has 0 atom stereocenters. The van der Waals surface area contributed by atoms with Crippen molar-refractivity contribution in [3.63, 3.8) is 0 Å². The van der Waals surface area contributed by atoms with Crippen molar-refractivity contribution in [2.45, 2.75) is 20.8 Å². The molecule has 0 aliphatic heterocycles. The second-order valence-electron chi connectivity index (χ2n) is 5.46. The lowest BCUT2D eigenvalue weighted by Crippen LogP contribution is -2.20. The number of hydrogen-bond donors (Lipinski definition) is 2. The van der Waals surface area contributed by atoms with Crippen LogP contribution in [0.4, 0.5) is 11.4 Å². The summed E-state index contributed by atoms with van der Waals surface area (Å²) in [6.07, 6.45) is 0. The second kappa shape index (κ2) is 7.97. The Balaban J connectivity index is 1.98. The van der Waals surface area contributed by atoms with Crippen molar-refractivity contribution in [1.82, 2.24) is 0 Å². The number of carbonyl (C=O) groups excluding carboxylic acids is 2. The fraction of sp³-hybridized carbons (Fsp3) is 0.222. The quantitative estimate of drug-likeness (QED) is 0.809.